The molecule has 1 saturated heterocycles. The van der Waals surface area contributed by atoms with Crippen molar-refractivity contribution in [2.24, 2.45) is 0 Å². The van der Waals surface area contributed by atoms with Crippen LogP contribution in [-0.4, -0.2) is 30.2 Å². The predicted octanol–water partition coefficient (Wildman–Crippen LogP) is 3.68. The van der Waals surface area contributed by atoms with E-state index in [0.717, 1.165) is 21.3 Å². The van der Waals surface area contributed by atoms with Crippen molar-refractivity contribution in [3.63, 3.8) is 0 Å². The average molecular weight is 333 g/mol. The summed E-state index contributed by atoms with van der Waals surface area (Å²) < 4.78 is 0. The molecule has 0 saturated carbocycles. The van der Waals surface area contributed by atoms with Crippen LogP contribution < -0.4 is 9.80 Å². The first-order chi connectivity index (χ1) is 10.5. The largest absolute Gasteiger partial charge is 0.378 e. The number of carbonyl (C=O) groups is 1. The number of nitrogens with zero attached hydrogens (tertiary/aromatic N) is 3. The van der Waals surface area contributed by atoms with E-state index in [1.807, 2.05) is 39.0 Å². The van der Waals surface area contributed by atoms with Gasteiger partial charge in [0.25, 0.3) is 0 Å². The predicted molar refractivity (Wildman–Crippen MR) is 94.9 cm³/mol. The normalized spacial score (nSPS) is 21.5. The smallest absolute Gasteiger partial charge is 0.242 e. The van der Waals surface area contributed by atoms with Crippen LogP contribution in [0.25, 0.3) is 0 Å². The highest BCUT2D eigenvalue weighted by Gasteiger charge is 2.40. The van der Waals surface area contributed by atoms with Crippen molar-refractivity contribution < 1.29 is 4.79 Å². The lowest BCUT2D eigenvalue weighted by Crippen LogP contribution is -2.29. The van der Waals surface area contributed by atoms with Crippen molar-refractivity contribution in [1.82, 2.24) is 4.98 Å². The molecule has 4 nitrogen and oxygen atoms in total. The second-order valence-electron chi connectivity index (χ2n) is 5.58. The van der Waals surface area contributed by atoms with E-state index in [2.05, 4.69) is 34.1 Å². The van der Waals surface area contributed by atoms with Crippen LogP contribution in [0, 0.1) is 6.92 Å². The van der Waals surface area contributed by atoms with Gasteiger partial charge < -0.3 is 4.90 Å². The molecule has 3 rings (SSSR count). The molecule has 1 aromatic heterocycles. The molecule has 1 fully saturated rings. The lowest BCUT2D eigenvalue weighted by Gasteiger charge is -2.22. The third-order valence-electron chi connectivity index (χ3n) is 3.66. The first-order valence-electron chi connectivity index (χ1n) is 7.15. The standard InChI is InChI=1S/C16H19N3OS2/c1-10-9-17-16(21-10)19-14(20)11(2)22-15(19)12-5-7-13(8-6-12)18(3)4/h5-9,11,15H,1-4H3/t11-,15+/m0/s1. The molecule has 22 heavy (non-hydrogen) atoms. The zero-order chi connectivity index (χ0) is 15.9. The van der Waals surface area contributed by atoms with Crippen LogP contribution >= 0.6 is 23.1 Å². The number of anilines is 2. The molecule has 6 heteroatoms. The zero-order valence-electron chi connectivity index (χ0n) is 13.1. The van der Waals surface area contributed by atoms with E-state index in [4.69, 9.17) is 0 Å². The fourth-order valence-electron chi connectivity index (χ4n) is 2.44. The first-order valence-corrected chi connectivity index (χ1v) is 8.91. The Hall–Kier alpha value is -1.53. The number of benzene rings is 1. The van der Waals surface area contributed by atoms with Gasteiger partial charge >= 0.3 is 0 Å². The van der Waals surface area contributed by atoms with Crippen molar-refractivity contribution >= 4 is 39.8 Å². The third kappa shape index (κ3) is 2.73. The molecule has 0 aliphatic carbocycles. The second-order valence-corrected chi connectivity index (χ2v) is 8.22. The van der Waals surface area contributed by atoms with Crippen molar-refractivity contribution in [3.05, 3.63) is 40.9 Å². The Balaban J connectivity index is 1.95. The van der Waals surface area contributed by atoms with Gasteiger partial charge in [0.15, 0.2) is 5.13 Å². The third-order valence-corrected chi connectivity index (χ3v) is 5.93. The van der Waals surface area contributed by atoms with Crippen LogP contribution in [0.4, 0.5) is 10.8 Å². The number of hydrogen-bond acceptors (Lipinski definition) is 5. The molecule has 0 radical (unpaired) electrons. The lowest BCUT2D eigenvalue weighted by molar-refractivity contribution is -0.117. The molecule has 116 valence electrons. The highest BCUT2D eigenvalue weighted by molar-refractivity contribution is 8.01. The fourth-order valence-corrected chi connectivity index (χ4v) is 4.55. The number of carbonyl (C=O) groups excluding carboxylic acids is 1. The molecule has 2 aromatic rings. The Morgan fingerprint density at radius 2 is 1.91 bits per heavy atom. The Labute approximate surface area is 139 Å². The fraction of sp³-hybridized carbons (Fsp3) is 0.375. The second kappa shape index (κ2) is 5.93. The van der Waals surface area contributed by atoms with Crippen LogP contribution in [0.5, 0.6) is 0 Å². The van der Waals surface area contributed by atoms with Gasteiger partial charge in [-0.3, -0.25) is 9.69 Å². The average Bonchev–Trinajstić information content (AvgIpc) is 3.04. The molecular formula is C16H19N3OS2. The van der Waals surface area contributed by atoms with E-state index in [-0.39, 0.29) is 16.5 Å². The summed E-state index contributed by atoms with van der Waals surface area (Å²) >= 11 is 3.25. The van der Waals surface area contributed by atoms with Gasteiger partial charge in [-0.15, -0.1) is 23.1 Å². The Kier molecular flexibility index (Phi) is 4.14. The number of thiazole rings is 1. The van der Waals surface area contributed by atoms with Crippen LogP contribution in [-0.2, 0) is 4.79 Å². The van der Waals surface area contributed by atoms with Gasteiger partial charge in [-0.25, -0.2) is 4.98 Å². The highest BCUT2D eigenvalue weighted by atomic mass is 32.2. The summed E-state index contributed by atoms with van der Waals surface area (Å²) in [5.74, 6) is 0.140. The van der Waals surface area contributed by atoms with E-state index in [9.17, 15) is 4.79 Å². The van der Waals surface area contributed by atoms with Gasteiger partial charge in [-0.05, 0) is 31.5 Å². The Morgan fingerprint density at radius 3 is 2.45 bits per heavy atom. The lowest BCUT2D eigenvalue weighted by atomic mass is 10.2. The van der Waals surface area contributed by atoms with Gasteiger partial charge in [-0.1, -0.05) is 12.1 Å². The summed E-state index contributed by atoms with van der Waals surface area (Å²) in [6, 6.07) is 8.39. The molecule has 1 amide bonds. The summed E-state index contributed by atoms with van der Waals surface area (Å²) in [5.41, 5.74) is 2.30. The van der Waals surface area contributed by atoms with Crippen molar-refractivity contribution in [2.75, 3.05) is 23.9 Å². The maximum atomic E-state index is 12.5. The number of amides is 1. The summed E-state index contributed by atoms with van der Waals surface area (Å²) in [6.45, 7) is 3.98. The van der Waals surface area contributed by atoms with Crippen molar-refractivity contribution in [2.45, 2.75) is 24.5 Å². The summed E-state index contributed by atoms with van der Waals surface area (Å²) in [7, 11) is 4.05. The van der Waals surface area contributed by atoms with E-state index in [1.54, 1.807) is 23.1 Å². The molecule has 1 aliphatic heterocycles. The molecule has 0 spiro atoms. The van der Waals surface area contributed by atoms with Gasteiger partial charge in [-0.2, -0.15) is 0 Å². The number of aryl methyl sites for hydroxylation is 1. The molecule has 0 N–H and O–H groups in total. The van der Waals surface area contributed by atoms with E-state index in [0.29, 0.717) is 0 Å². The van der Waals surface area contributed by atoms with Crippen LogP contribution in [0.15, 0.2) is 30.5 Å². The summed E-state index contributed by atoms with van der Waals surface area (Å²) in [4.78, 5) is 22.0. The molecule has 0 bridgehead atoms. The molecule has 2 atom stereocenters. The zero-order valence-corrected chi connectivity index (χ0v) is 14.7. The number of thioether (sulfide) groups is 1. The van der Waals surface area contributed by atoms with Crippen LogP contribution in [0.1, 0.15) is 22.7 Å². The maximum absolute atomic E-state index is 12.5. The van der Waals surface area contributed by atoms with Gasteiger partial charge in [0, 0.05) is 30.9 Å². The summed E-state index contributed by atoms with van der Waals surface area (Å²) in [6.07, 6.45) is 1.83. The molecule has 2 heterocycles. The molecule has 0 unspecified atom stereocenters. The van der Waals surface area contributed by atoms with Gasteiger partial charge in [0.1, 0.15) is 5.37 Å². The summed E-state index contributed by atoms with van der Waals surface area (Å²) in [5, 5.41) is 0.757. The highest BCUT2D eigenvalue weighted by Crippen LogP contribution is 2.46. The van der Waals surface area contributed by atoms with Crippen molar-refractivity contribution in [3.8, 4) is 0 Å². The minimum Gasteiger partial charge on any atom is -0.378 e. The Morgan fingerprint density at radius 1 is 1.23 bits per heavy atom. The van der Waals surface area contributed by atoms with Crippen LogP contribution in [0.3, 0.4) is 0 Å². The van der Waals surface area contributed by atoms with E-state index < -0.39 is 0 Å². The minimum atomic E-state index is -0.0391. The number of aromatic nitrogens is 1. The topological polar surface area (TPSA) is 36.4 Å². The number of hydrogen-bond donors (Lipinski definition) is 0. The van der Waals surface area contributed by atoms with Gasteiger partial charge in [0.2, 0.25) is 5.91 Å². The molecule has 1 aromatic carbocycles. The quantitative estimate of drug-likeness (QED) is 0.858. The van der Waals surface area contributed by atoms with Crippen LogP contribution in [0.2, 0.25) is 0 Å². The van der Waals surface area contributed by atoms with E-state index >= 15 is 0 Å². The molecular weight excluding hydrogens is 314 g/mol. The van der Waals surface area contributed by atoms with Crippen molar-refractivity contribution in [1.29, 1.82) is 0 Å². The SMILES string of the molecule is Cc1cnc(N2C(=O)[C@H](C)S[C@@H]2c2ccc(N(C)C)cc2)s1. The molecule has 1 aliphatic rings. The first kappa shape index (κ1) is 15.4. The van der Waals surface area contributed by atoms with E-state index in [1.165, 1.54) is 0 Å². The van der Waals surface area contributed by atoms with Gasteiger partial charge in [0.05, 0.1) is 5.25 Å². The minimum absolute atomic E-state index is 0.00395. The number of rotatable bonds is 3. The Bertz CT molecular complexity index is 681. The monoisotopic (exact) mass is 333 g/mol. The maximum Gasteiger partial charge on any atom is 0.242 e.